The van der Waals surface area contributed by atoms with Gasteiger partial charge in [-0.3, -0.25) is 4.79 Å². The highest BCUT2D eigenvalue weighted by Crippen LogP contribution is 2.28. The Labute approximate surface area is 134 Å². The number of fused-ring (bicyclic) bond motifs is 1. The van der Waals surface area contributed by atoms with Crippen molar-refractivity contribution in [2.45, 2.75) is 19.4 Å². The maximum atomic E-state index is 12.2. The summed E-state index contributed by atoms with van der Waals surface area (Å²) in [6, 6.07) is 8.85. The third-order valence-electron chi connectivity index (χ3n) is 3.84. The molecule has 23 heavy (non-hydrogen) atoms. The number of aryl methyl sites for hydroxylation is 1. The average Bonchev–Trinajstić information content (AvgIpc) is 2.53. The number of hydrogen-bond donors (Lipinski definition) is 2. The number of nitrogens with one attached hydrogen (secondary N) is 1. The van der Waals surface area contributed by atoms with E-state index in [9.17, 15) is 4.79 Å². The number of rotatable bonds is 3. The molecule has 118 valence electrons. The third-order valence-corrected chi connectivity index (χ3v) is 3.84. The van der Waals surface area contributed by atoms with Crippen molar-refractivity contribution in [2.75, 3.05) is 11.1 Å². The van der Waals surface area contributed by atoms with Crippen LogP contribution in [0.3, 0.4) is 0 Å². The second kappa shape index (κ2) is 5.39. The van der Waals surface area contributed by atoms with Crippen molar-refractivity contribution in [2.24, 2.45) is 7.05 Å². The first-order valence-corrected chi connectivity index (χ1v) is 7.33. The topological polar surface area (TPSA) is 85.8 Å². The van der Waals surface area contributed by atoms with E-state index in [1.807, 2.05) is 26.0 Å². The zero-order valence-corrected chi connectivity index (χ0v) is 13.4. The van der Waals surface area contributed by atoms with Crippen LogP contribution in [0, 0.1) is 0 Å². The SMILES string of the molecule is Cn1c(=O)cc(NC(C)(C)c2ncccn2)c2cc(N)ccc21. The summed E-state index contributed by atoms with van der Waals surface area (Å²) < 4.78 is 1.60. The first-order valence-electron chi connectivity index (χ1n) is 7.33. The number of pyridine rings is 1. The maximum Gasteiger partial charge on any atom is 0.252 e. The van der Waals surface area contributed by atoms with Crippen molar-refractivity contribution in [3.05, 3.63) is 58.9 Å². The summed E-state index contributed by atoms with van der Waals surface area (Å²) in [5, 5.41) is 4.26. The Morgan fingerprint density at radius 3 is 2.57 bits per heavy atom. The van der Waals surface area contributed by atoms with E-state index < -0.39 is 5.54 Å². The minimum atomic E-state index is -0.537. The standard InChI is InChI=1S/C17H19N5O/c1-17(2,16-19-7-4-8-20-16)21-13-10-15(23)22(3)14-6-5-11(18)9-12(13)14/h4-10,21H,18H2,1-3H3. The monoisotopic (exact) mass is 309 g/mol. The predicted molar refractivity (Wildman–Crippen MR) is 92.3 cm³/mol. The van der Waals surface area contributed by atoms with Gasteiger partial charge in [0.1, 0.15) is 0 Å². The first kappa shape index (κ1) is 15.0. The molecular formula is C17H19N5O. The summed E-state index contributed by atoms with van der Waals surface area (Å²) >= 11 is 0. The normalized spacial score (nSPS) is 11.6. The predicted octanol–water partition coefficient (Wildman–Crippen LogP) is 2.26. The van der Waals surface area contributed by atoms with Crippen LogP contribution in [-0.4, -0.2) is 14.5 Å². The van der Waals surface area contributed by atoms with E-state index in [1.54, 1.807) is 42.2 Å². The molecule has 0 amide bonds. The molecule has 6 nitrogen and oxygen atoms in total. The highest BCUT2D eigenvalue weighted by atomic mass is 16.1. The fourth-order valence-electron chi connectivity index (χ4n) is 2.60. The van der Waals surface area contributed by atoms with Gasteiger partial charge in [-0.05, 0) is 38.1 Å². The molecule has 1 aromatic carbocycles. The van der Waals surface area contributed by atoms with Gasteiger partial charge in [0.2, 0.25) is 0 Å². The Morgan fingerprint density at radius 1 is 1.17 bits per heavy atom. The van der Waals surface area contributed by atoms with Gasteiger partial charge in [0, 0.05) is 42.3 Å². The molecule has 0 aliphatic rings. The van der Waals surface area contributed by atoms with Crippen molar-refractivity contribution in [3.8, 4) is 0 Å². The van der Waals surface area contributed by atoms with Crippen molar-refractivity contribution >= 4 is 22.3 Å². The quantitative estimate of drug-likeness (QED) is 0.725. The van der Waals surface area contributed by atoms with Crippen LogP contribution in [0.25, 0.3) is 10.9 Å². The van der Waals surface area contributed by atoms with Gasteiger partial charge < -0.3 is 15.6 Å². The lowest BCUT2D eigenvalue weighted by Crippen LogP contribution is -2.31. The Morgan fingerprint density at radius 2 is 1.87 bits per heavy atom. The van der Waals surface area contributed by atoms with Gasteiger partial charge in [-0.15, -0.1) is 0 Å². The summed E-state index contributed by atoms with van der Waals surface area (Å²) in [6.07, 6.45) is 3.40. The highest BCUT2D eigenvalue weighted by Gasteiger charge is 2.24. The van der Waals surface area contributed by atoms with Crippen LogP contribution in [0.15, 0.2) is 47.5 Å². The van der Waals surface area contributed by atoms with Gasteiger partial charge in [-0.25, -0.2) is 9.97 Å². The zero-order chi connectivity index (χ0) is 16.6. The molecule has 3 aromatic rings. The van der Waals surface area contributed by atoms with Crippen LogP contribution < -0.4 is 16.6 Å². The molecule has 0 bridgehead atoms. The van der Waals surface area contributed by atoms with Gasteiger partial charge in [0.05, 0.1) is 11.1 Å². The smallest absolute Gasteiger partial charge is 0.252 e. The molecule has 2 heterocycles. The molecule has 0 aliphatic carbocycles. The summed E-state index contributed by atoms with van der Waals surface area (Å²) in [7, 11) is 1.75. The summed E-state index contributed by atoms with van der Waals surface area (Å²) in [5.74, 6) is 0.651. The molecule has 3 N–H and O–H groups in total. The van der Waals surface area contributed by atoms with Gasteiger partial charge in [0.15, 0.2) is 5.82 Å². The maximum absolute atomic E-state index is 12.2. The van der Waals surface area contributed by atoms with E-state index in [0.717, 1.165) is 10.9 Å². The number of nitrogens with zero attached hydrogens (tertiary/aromatic N) is 3. The molecule has 0 atom stereocenters. The summed E-state index contributed by atoms with van der Waals surface area (Å²) in [5.41, 5.74) is 7.47. The Hall–Kier alpha value is -2.89. The van der Waals surface area contributed by atoms with Gasteiger partial charge in [-0.1, -0.05) is 0 Å². The van der Waals surface area contributed by atoms with E-state index in [4.69, 9.17) is 5.73 Å². The number of nitrogens with two attached hydrogens (primary N) is 1. The number of benzene rings is 1. The van der Waals surface area contributed by atoms with Gasteiger partial charge >= 0.3 is 0 Å². The van der Waals surface area contributed by atoms with Crippen molar-refractivity contribution in [3.63, 3.8) is 0 Å². The van der Waals surface area contributed by atoms with Crippen LogP contribution in [0.2, 0.25) is 0 Å². The molecule has 0 aliphatic heterocycles. The summed E-state index contributed by atoms with van der Waals surface area (Å²) in [4.78, 5) is 20.8. The largest absolute Gasteiger partial charge is 0.399 e. The van der Waals surface area contributed by atoms with Gasteiger partial charge in [-0.2, -0.15) is 0 Å². The highest BCUT2D eigenvalue weighted by molar-refractivity contribution is 5.93. The zero-order valence-electron chi connectivity index (χ0n) is 13.4. The number of aromatic nitrogens is 3. The molecule has 2 aromatic heterocycles. The Balaban J connectivity index is 2.15. The van der Waals surface area contributed by atoms with Crippen LogP contribution in [0.5, 0.6) is 0 Å². The molecule has 3 rings (SSSR count). The number of anilines is 2. The van der Waals surface area contributed by atoms with Crippen molar-refractivity contribution in [1.29, 1.82) is 0 Å². The van der Waals surface area contributed by atoms with Gasteiger partial charge in [0.25, 0.3) is 5.56 Å². The first-order chi connectivity index (χ1) is 10.9. The van der Waals surface area contributed by atoms with E-state index in [2.05, 4.69) is 15.3 Å². The van der Waals surface area contributed by atoms with Crippen molar-refractivity contribution in [1.82, 2.24) is 14.5 Å². The average molecular weight is 309 g/mol. The lowest BCUT2D eigenvalue weighted by molar-refractivity contribution is 0.563. The molecule has 0 spiro atoms. The molecule has 0 radical (unpaired) electrons. The molecule has 0 fully saturated rings. The fraction of sp³-hybridized carbons (Fsp3) is 0.235. The van der Waals surface area contributed by atoms with Crippen molar-refractivity contribution < 1.29 is 0 Å². The van der Waals surface area contributed by atoms with E-state index >= 15 is 0 Å². The number of hydrogen-bond acceptors (Lipinski definition) is 5. The molecule has 6 heteroatoms. The van der Waals surface area contributed by atoms with Crippen LogP contribution >= 0.6 is 0 Å². The molecule has 0 saturated heterocycles. The molecular weight excluding hydrogens is 290 g/mol. The van der Waals surface area contributed by atoms with Crippen LogP contribution in [0.1, 0.15) is 19.7 Å². The fourth-order valence-corrected chi connectivity index (χ4v) is 2.60. The van der Waals surface area contributed by atoms with E-state index in [0.29, 0.717) is 17.2 Å². The summed E-state index contributed by atoms with van der Waals surface area (Å²) in [6.45, 7) is 3.94. The van der Waals surface area contributed by atoms with Crippen LogP contribution in [0.4, 0.5) is 11.4 Å². The minimum Gasteiger partial charge on any atom is -0.399 e. The van der Waals surface area contributed by atoms with Crippen LogP contribution in [-0.2, 0) is 12.6 Å². The van der Waals surface area contributed by atoms with E-state index in [-0.39, 0.29) is 5.56 Å². The molecule has 0 unspecified atom stereocenters. The lowest BCUT2D eigenvalue weighted by atomic mass is 10.0. The van der Waals surface area contributed by atoms with E-state index in [1.165, 1.54) is 0 Å². The lowest BCUT2D eigenvalue weighted by Gasteiger charge is -2.26. The Kier molecular flexibility index (Phi) is 3.52. The Bertz CT molecular complexity index is 915. The molecule has 0 saturated carbocycles. The second-order valence-corrected chi connectivity index (χ2v) is 6.05. The minimum absolute atomic E-state index is 0.0884. The second-order valence-electron chi connectivity index (χ2n) is 6.05. The number of nitrogen functional groups attached to an aromatic ring is 1. The third kappa shape index (κ3) is 2.75.